The first-order valence-corrected chi connectivity index (χ1v) is 2.22. The normalized spacial score (nSPS) is 7.44. The van der Waals surface area contributed by atoms with Crippen LogP contribution < -0.4 is 0 Å². The average molecular weight is 126 g/mol. The fourth-order valence-corrected chi connectivity index (χ4v) is 0.201. The van der Waals surface area contributed by atoms with Crippen molar-refractivity contribution < 1.29 is 19.5 Å². The van der Waals surface area contributed by atoms with Gasteiger partial charge in [0.05, 0.1) is 0 Å². The van der Waals surface area contributed by atoms with Gasteiger partial charge in [0.25, 0.3) is 5.97 Å². The maximum atomic E-state index is 10.1. The molecule has 0 saturated carbocycles. The van der Waals surface area contributed by atoms with Crippen molar-refractivity contribution in [2.45, 2.75) is 13.3 Å². The number of hydrogen-bond donors (Lipinski definition) is 2. The van der Waals surface area contributed by atoms with Crippen LogP contribution in [-0.2, 0) is 9.45 Å². The molecule has 0 aromatic heterocycles. The SMILES string of the molecule is CCC(=O)OB(O)O.[LiH]. The van der Waals surface area contributed by atoms with Crippen LogP contribution >= 0.6 is 0 Å². The summed E-state index contributed by atoms with van der Waals surface area (Å²) < 4.78 is 3.87. The van der Waals surface area contributed by atoms with Crippen LogP contribution in [0.5, 0.6) is 0 Å². The molecule has 0 rings (SSSR count). The minimum atomic E-state index is -1.97. The van der Waals surface area contributed by atoms with E-state index in [0.29, 0.717) is 0 Å². The molecule has 0 unspecified atom stereocenters. The van der Waals surface area contributed by atoms with Crippen LogP contribution in [-0.4, -0.2) is 42.2 Å². The zero-order valence-electron chi connectivity index (χ0n) is 4.50. The summed E-state index contributed by atoms with van der Waals surface area (Å²) in [6, 6.07) is 0. The van der Waals surface area contributed by atoms with Crippen LogP contribution in [0.4, 0.5) is 0 Å². The van der Waals surface area contributed by atoms with Crippen molar-refractivity contribution >= 4 is 32.2 Å². The zero-order chi connectivity index (χ0) is 6.57. The molecule has 0 aromatic rings. The van der Waals surface area contributed by atoms with Crippen molar-refractivity contribution in [3.63, 3.8) is 0 Å². The molecule has 0 amide bonds. The summed E-state index contributed by atoms with van der Waals surface area (Å²) in [5.74, 6) is -0.625. The Morgan fingerprint density at radius 1 is 1.67 bits per heavy atom. The third-order valence-corrected chi connectivity index (χ3v) is 0.526. The number of carbonyl (C=O) groups excluding carboxylic acids is 1. The van der Waals surface area contributed by atoms with Crippen LogP contribution in [0, 0.1) is 0 Å². The summed E-state index contributed by atoms with van der Waals surface area (Å²) in [4.78, 5) is 10.1. The third-order valence-electron chi connectivity index (χ3n) is 0.526. The van der Waals surface area contributed by atoms with Gasteiger partial charge in [-0.25, -0.2) is 0 Å². The second-order valence-corrected chi connectivity index (χ2v) is 1.17. The Kier molecular flexibility index (Phi) is 8.10. The van der Waals surface area contributed by atoms with Gasteiger partial charge in [0.2, 0.25) is 0 Å². The van der Waals surface area contributed by atoms with Gasteiger partial charge in [0, 0.05) is 6.42 Å². The molecule has 0 aliphatic rings. The molecule has 0 heterocycles. The van der Waals surface area contributed by atoms with Crippen LogP contribution in [0.2, 0.25) is 0 Å². The maximum absolute atomic E-state index is 10.1. The molecule has 0 aliphatic carbocycles. The van der Waals surface area contributed by atoms with Gasteiger partial charge in [-0.2, -0.15) is 0 Å². The first-order valence-electron chi connectivity index (χ1n) is 2.22. The van der Waals surface area contributed by atoms with E-state index in [9.17, 15) is 4.79 Å². The number of rotatable bonds is 2. The fraction of sp³-hybridized carbons (Fsp3) is 0.667. The summed E-state index contributed by atoms with van der Waals surface area (Å²) in [7, 11) is -1.97. The Bertz CT molecular complexity index is 85.9. The van der Waals surface area contributed by atoms with E-state index in [1.165, 1.54) is 0 Å². The topological polar surface area (TPSA) is 66.8 Å². The van der Waals surface area contributed by atoms with Crippen LogP contribution in [0.1, 0.15) is 13.3 Å². The summed E-state index contributed by atoms with van der Waals surface area (Å²) in [6.07, 6.45) is 0.150. The van der Waals surface area contributed by atoms with Gasteiger partial charge < -0.3 is 14.7 Å². The minimum absolute atomic E-state index is 0. The molecule has 0 aliphatic heterocycles. The number of hydrogen-bond acceptors (Lipinski definition) is 4. The standard InChI is InChI=1S/C3H7BO4.Li.H/c1-2-3(5)8-4(6)7;;/h6-7H,2H2,1H3;;. The predicted molar refractivity (Wildman–Crippen MR) is 33.7 cm³/mol. The summed E-state index contributed by atoms with van der Waals surface area (Å²) >= 11 is 0. The molecule has 4 nitrogen and oxygen atoms in total. The molecule has 0 aromatic carbocycles. The Labute approximate surface area is 65.6 Å². The Balaban J connectivity index is 0. The van der Waals surface area contributed by atoms with Gasteiger partial charge in [-0.05, 0) is 0 Å². The van der Waals surface area contributed by atoms with Crippen LogP contribution in [0.15, 0.2) is 0 Å². The van der Waals surface area contributed by atoms with Gasteiger partial charge in [0.1, 0.15) is 0 Å². The van der Waals surface area contributed by atoms with Gasteiger partial charge in [-0.15, -0.1) is 0 Å². The predicted octanol–water partition coefficient (Wildman–Crippen LogP) is -1.74. The van der Waals surface area contributed by atoms with E-state index in [4.69, 9.17) is 10.0 Å². The van der Waals surface area contributed by atoms with E-state index in [-0.39, 0.29) is 25.3 Å². The van der Waals surface area contributed by atoms with E-state index >= 15 is 0 Å². The van der Waals surface area contributed by atoms with Crippen molar-refractivity contribution in [2.24, 2.45) is 0 Å². The Hall–Kier alpha value is 0.0523. The second kappa shape index (κ2) is 6.18. The van der Waals surface area contributed by atoms with E-state index in [1.54, 1.807) is 6.92 Å². The molecule has 9 heavy (non-hydrogen) atoms. The Morgan fingerprint density at radius 3 is 2.22 bits per heavy atom. The molecule has 2 N–H and O–H groups in total. The summed E-state index contributed by atoms with van der Waals surface area (Å²) in [5.41, 5.74) is 0. The third kappa shape index (κ3) is 8.05. The average Bonchev–Trinajstić information content (AvgIpc) is 1.65. The van der Waals surface area contributed by atoms with Crippen molar-refractivity contribution in [3.05, 3.63) is 0 Å². The quantitative estimate of drug-likeness (QED) is 0.431. The van der Waals surface area contributed by atoms with Gasteiger partial charge in [-0.3, -0.25) is 4.79 Å². The van der Waals surface area contributed by atoms with Crippen LogP contribution in [0.3, 0.4) is 0 Å². The van der Waals surface area contributed by atoms with Crippen molar-refractivity contribution in [1.82, 2.24) is 0 Å². The van der Waals surface area contributed by atoms with Gasteiger partial charge >= 0.3 is 26.2 Å². The van der Waals surface area contributed by atoms with E-state index in [0.717, 1.165) is 0 Å². The van der Waals surface area contributed by atoms with E-state index in [1.807, 2.05) is 0 Å². The van der Waals surface area contributed by atoms with Crippen LogP contribution in [0.25, 0.3) is 0 Å². The molecular weight excluding hydrogens is 118 g/mol. The summed E-state index contributed by atoms with van der Waals surface area (Å²) in [5, 5.41) is 15.9. The zero-order valence-corrected chi connectivity index (χ0v) is 4.50. The molecule has 0 atom stereocenters. The molecule has 6 heteroatoms. The first kappa shape index (κ1) is 11.8. The van der Waals surface area contributed by atoms with Crippen molar-refractivity contribution in [1.29, 1.82) is 0 Å². The van der Waals surface area contributed by atoms with Gasteiger partial charge in [0.15, 0.2) is 0 Å². The molecule has 0 saturated heterocycles. The summed E-state index contributed by atoms with van der Waals surface area (Å²) in [6.45, 7) is 1.56. The van der Waals surface area contributed by atoms with Crippen molar-refractivity contribution in [3.8, 4) is 0 Å². The molecule has 0 spiro atoms. The monoisotopic (exact) mass is 126 g/mol. The van der Waals surface area contributed by atoms with E-state index in [2.05, 4.69) is 4.65 Å². The molecule has 0 fully saturated rings. The van der Waals surface area contributed by atoms with Crippen molar-refractivity contribution in [2.75, 3.05) is 0 Å². The molecule has 0 radical (unpaired) electrons. The van der Waals surface area contributed by atoms with Gasteiger partial charge in [-0.1, -0.05) is 6.92 Å². The molecular formula is C3H8BLiO4. The molecule has 48 valence electrons. The number of carbonyl (C=O) groups is 1. The molecule has 0 bridgehead atoms. The first-order chi connectivity index (χ1) is 3.66. The fourth-order valence-electron chi connectivity index (χ4n) is 0.201. The van der Waals surface area contributed by atoms with E-state index < -0.39 is 13.3 Å². The second-order valence-electron chi connectivity index (χ2n) is 1.17. The Morgan fingerprint density at radius 2 is 2.11 bits per heavy atom.